The molecular weight excluding hydrogens is 296 g/mol. The average molecular weight is 314 g/mol. The molecule has 0 aromatic carbocycles. The van der Waals surface area contributed by atoms with Crippen molar-refractivity contribution in [3.05, 3.63) is 0 Å². The molecule has 112 valence electrons. The molecule has 0 spiro atoms. The van der Waals surface area contributed by atoms with Gasteiger partial charge in [-0.1, -0.05) is 6.42 Å². The van der Waals surface area contributed by atoms with Gasteiger partial charge in [-0.15, -0.1) is 0 Å². The number of nitrogens with one attached hydrogen (secondary N) is 1. The van der Waals surface area contributed by atoms with Crippen LogP contribution in [-0.2, 0) is 24.8 Å². The number of hydrogen-bond acceptors (Lipinski definition) is 5. The first-order chi connectivity index (χ1) is 8.62. The minimum absolute atomic E-state index is 0.0301. The van der Waals surface area contributed by atoms with Gasteiger partial charge in [0.1, 0.15) is 0 Å². The third-order valence-corrected chi connectivity index (χ3v) is 5.32. The van der Waals surface area contributed by atoms with Crippen molar-refractivity contribution < 1.29 is 26.7 Å². The molecule has 1 atom stereocenters. The fourth-order valence-corrected chi connectivity index (χ4v) is 4.05. The Hall–Kier alpha value is -0.710. The van der Waals surface area contributed by atoms with Crippen LogP contribution in [0.15, 0.2) is 0 Å². The summed E-state index contributed by atoms with van der Waals surface area (Å²) >= 11 is 0. The highest BCUT2D eigenvalue weighted by Gasteiger charge is 2.33. The van der Waals surface area contributed by atoms with Gasteiger partial charge < -0.3 is 5.11 Å². The summed E-state index contributed by atoms with van der Waals surface area (Å²) in [6.07, 6.45) is 2.94. The molecule has 8 nitrogen and oxygen atoms in total. The molecule has 1 rings (SSSR count). The van der Waals surface area contributed by atoms with Crippen molar-refractivity contribution in [1.82, 2.24) is 9.03 Å². The molecule has 2 N–H and O–H groups in total. The van der Waals surface area contributed by atoms with Crippen LogP contribution in [0.25, 0.3) is 0 Å². The van der Waals surface area contributed by atoms with Gasteiger partial charge in [0, 0.05) is 19.1 Å². The van der Waals surface area contributed by atoms with Crippen molar-refractivity contribution in [3.8, 4) is 0 Å². The first-order valence-electron chi connectivity index (χ1n) is 5.78. The standard InChI is InChI=1S/C9H18N2O6S2/c1-18(14,15)10-6-8-4-2-3-5-11(8)19(16,17)7-9(12)13/h8,10H,2-7H2,1H3,(H,12,13). The molecule has 0 aromatic rings. The normalized spacial score (nSPS) is 22.3. The highest BCUT2D eigenvalue weighted by Crippen LogP contribution is 2.20. The minimum Gasteiger partial charge on any atom is -0.480 e. The predicted molar refractivity (Wildman–Crippen MR) is 68.6 cm³/mol. The van der Waals surface area contributed by atoms with Crippen LogP contribution in [0.2, 0.25) is 0 Å². The quantitative estimate of drug-likeness (QED) is 0.635. The van der Waals surface area contributed by atoms with E-state index in [1.54, 1.807) is 0 Å². The van der Waals surface area contributed by atoms with Crippen LogP contribution in [0.1, 0.15) is 19.3 Å². The van der Waals surface area contributed by atoms with E-state index in [1.165, 1.54) is 0 Å². The SMILES string of the molecule is CS(=O)(=O)NCC1CCCCN1S(=O)(=O)CC(=O)O. The zero-order chi connectivity index (χ0) is 14.7. The summed E-state index contributed by atoms with van der Waals surface area (Å²) < 4.78 is 49.2. The first-order valence-corrected chi connectivity index (χ1v) is 9.28. The van der Waals surface area contributed by atoms with Gasteiger partial charge in [-0.2, -0.15) is 4.31 Å². The number of rotatable bonds is 6. The second-order valence-corrected chi connectivity index (χ2v) is 8.29. The van der Waals surface area contributed by atoms with Gasteiger partial charge in [0.25, 0.3) is 0 Å². The summed E-state index contributed by atoms with van der Waals surface area (Å²) in [7, 11) is -7.30. The monoisotopic (exact) mass is 314 g/mol. The second kappa shape index (κ2) is 6.16. The molecule has 1 heterocycles. The maximum Gasteiger partial charge on any atom is 0.320 e. The Morgan fingerprint density at radius 3 is 2.47 bits per heavy atom. The van der Waals surface area contributed by atoms with E-state index in [9.17, 15) is 21.6 Å². The summed E-state index contributed by atoms with van der Waals surface area (Å²) in [6.45, 7) is 0.198. The lowest BCUT2D eigenvalue weighted by molar-refractivity contribution is -0.134. The molecule has 1 aliphatic rings. The van der Waals surface area contributed by atoms with Crippen LogP contribution >= 0.6 is 0 Å². The lowest BCUT2D eigenvalue weighted by Crippen LogP contribution is -2.50. The average Bonchev–Trinajstić information content (AvgIpc) is 2.24. The van der Waals surface area contributed by atoms with Crippen molar-refractivity contribution >= 4 is 26.0 Å². The van der Waals surface area contributed by atoms with Gasteiger partial charge in [-0.25, -0.2) is 21.6 Å². The number of hydrogen-bond donors (Lipinski definition) is 2. The van der Waals surface area contributed by atoms with Crippen LogP contribution in [0.3, 0.4) is 0 Å². The van der Waals surface area contributed by atoms with E-state index in [2.05, 4.69) is 4.72 Å². The minimum atomic E-state index is -3.90. The number of sulfonamides is 2. The van der Waals surface area contributed by atoms with Crippen LogP contribution in [0, 0.1) is 0 Å². The Bertz CT molecular complexity index is 527. The third-order valence-electron chi connectivity index (χ3n) is 2.82. The molecule has 0 saturated carbocycles. The number of carboxylic acid groups (broad SMARTS) is 1. The van der Waals surface area contributed by atoms with Gasteiger partial charge in [-0.05, 0) is 12.8 Å². The molecule has 0 aliphatic carbocycles. The summed E-state index contributed by atoms with van der Waals surface area (Å²) in [4.78, 5) is 10.6. The largest absolute Gasteiger partial charge is 0.480 e. The van der Waals surface area contributed by atoms with Gasteiger partial charge in [0.15, 0.2) is 5.75 Å². The predicted octanol–water partition coefficient (Wildman–Crippen LogP) is -1.20. The Balaban J connectivity index is 2.80. The summed E-state index contributed by atoms with van der Waals surface area (Å²) in [5.41, 5.74) is 0. The van der Waals surface area contributed by atoms with Gasteiger partial charge >= 0.3 is 5.97 Å². The molecule has 19 heavy (non-hydrogen) atoms. The molecule has 0 bridgehead atoms. The second-order valence-electron chi connectivity index (χ2n) is 4.53. The van der Waals surface area contributed by atoms with E-state index in [1.807, 2.05) is 0 Å². The lowest BCUT2D eigenvalue weighted by atomic mass is 10.1. The van der Waals surface area contributed by atoms with Crippen LogP contribution in [0.5, 0.6) is 0 Å². The van der Waals surface area contributed by atoms with Gasteiger partial charge in [0.05, 0.1) is 6.26 Å². The zero-order valence-corrected chi connectivity index (χ0v) is 12.2. The van der Waals surface area contributed by atoms with Crippen molar-refractivity contribution in [2.45, 2.75) is 25.3 Å². The van der Waals surface area contributed by atoms with E-state index in [0.717, 1.165) is 17.0 Å². The molecule has 10 heteroatoms. The maximum absolute atomic E-state index is 11.9. The fourth-order valence-electron chi connectivity index (χ4n) is 2.03. The van der Waals surface area contributed by atoms with E-state index in [4.69, 9.17) is 5.11 Å². The van der Waals surface area contributed by atoms with Crippen LogP contribution in [0.4, 0.5) is 0 Å². The van der Waals surface area contributed by atoms with Crippen LogP contribution < -0.4 is 4.72 Å². The van der Waals surface area contributed by atoms with Crippen LogP contribution in [-0.4, -0.2) is 63.4 Å². The topological polar surface area (TPSA) is 121 Å². The third kappa shape index (κ3) is 5.43. The van der Waals surface area contributed by atoms with E-state index < -0.39 is 37.8 Å². The number of carbonyl (C=O) groups is 1. The Labute approximate surface area is 112 Å². The van der Waals surface area contributed by atoms with E-state index in [0.29, 0.717) is 12.8 Å². The number of nitrogens with zero attached hydrogens (tertiary/aromatic N) is 1. The number of carboxylic acids is 1. The van der Waals surface area contributed by atoms with Gasteiger partial charge in [-0.3, -0.25) is 4.79 Å². The highest BCUT2D eigenvalue weighted by molar-refractivity contribution is 7.89. The molecule has 1 saturated heterocycles. The summed E-state index contributed by atoms with van der Waals surface area (Å²) in [5.74, 6) is -2.39. The maximum atomic E-state index is 11.9. The number of piperidine rings is 1. The van der Waals surface area contributed by atoms with Crippen molar-refractivity contribution in [3.63, 3.8) is 0 Å². The highest BCUT2D eigenvalue weighted by atomic mass is 32.2. The Morgan fingerprint density at radius 1 is 1.32 bits per heavy atom. The molecule has 1 unspecified atom stereocenters. The lowest BCUT2D eigenvalue weighted by Gasteiger charge is -2.34. The molecular formula is C9H18N2O6S2. The molecule has 0 radical (unpaired) electrons. The molecule has 1 fully saturated rings. The van der Waals surface area contributed by atoms with Gasteiger partial charge in [0.2, 0.25) is 20.0 Å². The fraction of sp³-hybridized carbons (Fsp3) is 0.889. The van der Waals surface area contributed by atoms with Crippen molar-refractivity contribution in [2.24, 2.45) is 0 Å². The Morgan fingerprint density at radius 2 is 1.95 bits per heavy atom. The smallest absolute Gasteiger partial charge is 0.320 e. The zero-order valence-electron chi connectivity index (χ0n) is 10.6. The summed E-state index contributed by atoms with van der Waals surface area (Å²) in [6, 6.07) is -0.521. The van der Waals surface area contributed by atoms with Crippen molar-refractivity contribution in [1.29, 1.82) is 0 Å². The molecule has 1 aliphatic heterocycles. The first kappa shape index (κ1) is 16.3. The van der Waals surface area contributed by atoms with E-state index in [-0.39, 0.29) is 13.1 Å². The van der Waals surface area contributed by atoms with E-state index >= 15 is 0 Å². The van der Waals surface area contributed by atoms with Crippen molar-refractivity contribution in [2.75, 3.05) is 25.1 Å². The number of aliphatic carboxylic acids is 1. The Kier molecular flexibility index (Phi) is 5.30. The summed E-state index contributed by atoms with van der Waals surface area (Å²) in [5, 5.41) is 8.61. The molecule has 0 amide bonds. The molecule has 0 aromatic heterocycles.